The molecule has 0 atom stereocenters. The maximum absolute atomic E-state index is 9.02. The van der Waals surface area contributed by atoms with Gasteiger partial charge in [-0.05, 0) is 43.7 Å². The first kappa shape index (κ1) is 11.7. The van der Waals surface area contributed by atoms with Gasteiger partial charge in [0, 0.05) is 6.21 Å². The molecule has 0 radical (unpaired) electrons. The molecule has 0 aliphatic rings. The predicted octanol–water partition coefficient (Wildman–Crippen LogP) is 1.89. The molecule has 0 amide bonds. The molecule has 1 N–H and O–H groups in total. The van der Waals surface area contributed by atoms with Crippen molar-refractivity contribution < 1.29 is 9.84 Å². The van der Waals surface area contributed by atoms with Crippen LogP contribution in [0.15, 0.2) is 29.3 Å². The molecule has 0 aromatic heterocycles. The Morgan fingerprint density at radius 1 is 1.33 bits per heavy atom. The first-order chi connectivity index (χ1) is 7.07. The number of methoxy groups -OCH3 is 1. The number of hydrogen-bond acceptors (Lipinski definition) is 3. The molecule has 0 saturated carbocycles. The number of benzene rings is 1. The van der Waals surface area contributed by atoms with Crippen molar-refractivity contribution in [3.8, 4) is 5.75 Å². The Morgan fingerprint density at radius 3 is 2.40 bits per heavy atom. The summed E-state index contributed by atoms with van der Waals surface area (Å²) in [5.74, 6) is 0.827. The van der Waals surface area contributed by atoms with E-state index in [1.165, 1.54) is 0 Å². The average molecular weight is 207 g/mol. The molecule has 1 aromatic rings. The molecule has 15 heavy (non-hydrogen) atoms. The minimum absolute atomic E-state index is 0.0413. The van der Waals surface area contributed by atoms with E-state index in [9.17, 15) is 0 Å². The van der Waals surface area contributed by atoms with E-state index in [0.717, 1.165) is 11.3 Å². The molecule has 0 unspecified atom stereocenters. The molecule has 82 valence electrons. The molecule has 0 saturated heterocycles. The van der Waals surface area contributed by atoms with Gasteiger partial charge < -0.3 is 9.84 Å². The summed E-state index contributed by atoms with van der Waals surface area (Å²) in [6.45, 7) is 3.81. The van der Waals surface area contributed by atoms with Crippen molar-refractivity contribution in [2.75, 3.05) is 13.7 Å². The van der Waals surface area contributed by atoms with Crippen LogP contribution >= 0.6 is 0 Å². The first-order valence-electron chi connectivity index (χ1n) is 4.87. The molecule has 0 aliphatic carbocycles. The Balaban J connectivity index is 2.73. The van der Waals surface area contributed by atoms with Crippen LogP contribution in [0.5, 0.6) is 5.75 Å². The second-order valence-corrected chi connectivity index (χ2v) is 4.00. The maximum atomic E-state index is 9.02. The molecule has 0 spiro atoms. The largest absolute Gasteiger partial charge is 0.497 e. The van der Waals surface area contributed by atoms with Crippen molar-refractivity contribution in [2.24, 2.45) is 4.99 Å². The van der Waals surface area contributed by atoms with E-state index in [1.807, 2.05) is 38.1 Å². The lowest BCUT2D eigenvalue weighted by molar-refractivity contribution is 0.223. The Morgan fingerprint density at radius 2 is 1.93 bits per heavy atom. The number of aliphatic hydroxyl groups excluding tert-OH is 1. The van der Waals surface area contributed by atoms with Crippen LogP contribution in [0.25, 0.3) is 0 Å². The van der Waals surface area contributed by atoms with E-state index < -0.39 is 5.54 Å². The summed E-state index contributed by atoms with van der Waals surface area (Å²) < 4.78 is 5.05. The third-order valence-corrected chi connectivity index (χ3v) is 2.07. The normalized spacial score (nSPS) is 12.0. The molecular formula is C12H17NO2. The predicted molar refractivity (Wildman–Crippen MR) is 61.8 cm³/mol. The zero-order valence-corrected chi connectivity index (χ0v) is 9.40. The van der Waals surface area contributed by atoms with Crippen LogP contribution in [0.2, 0.25) is 0 Å². The van der Waals surface area contributed by atoms with Crippen LogP contribution < -0.4 is 4.74 Å². The lowest BCUT2D eigenvalue weighted by atomic mass is 10.1. The third kappa shape index (κ3) is 3.72. The van der Waals surface area contributed by atoms with Crippen LogP contribution in [-0.4, -0.2) is 30.6 Å². The molecule has 0 fully saturated rings. The highest BCUT2D eigenvalue weighted by molar-refractivity contribution is 5.80. The van der Waals surface area contributed by atoms with Crippen molar-refractivity contribution in [1.82, 2.24) is 0 Å². The molecule has 0 aliphatic heterocycles. The Bertz CT molecular complexity index is 328. The monoisotopic (exact) mass is 207 g/mol. The highest BCUT2D eigenvalue weighted by Crippen LogP contribution is 2.11. The quantitative estimate of drug-likeness (QED) is 0.766. The standard InChI is InChI=1S/C12H17NO2/c1-12(2,9-14)13-8-10-4-6-11(15-3)7-5-10/h4-8,14H,9H2,1-3H3. The fourth-order valence-corrected chi connectivity index (χ4v) is 0.980. The van der Waals surface area contributed by atoms with Gasteiger partial charge in [0.25, 0.3) is 0 Å². The van der Waals surface area contributed by atoms with Crippen molar-refractivity contribution in [2.45, 2.75) is 19.4 Å². The molecule has 0 heterocycles. The van der Waals surface area contributed by atoms with Gasteiger partial charge in [-0.2, -0.15) is 0 Å². The number of hydrogen-bond donors (Lipinski definition) is 1. The summed E-state index contributed by atoms with van der Waals surface area (Å²) in [4.78, 5) is 4.28. The van der Waals surface area contributed by atoms with Gasteiger partial charge in [-0.1, -0.05) is 0 Å². The van der Waals surface area contributed by atoms with Crippen LogP contribution in [0.1, 0.15) is 19.4 Å². The number of nitrogens with zero attached hydrogens (tertiary/aromatic N) is 1. The summed E-state index contributed by atoms with van der Waals surface area (Å²) in [6, 6.07) is 7.62. The fourth-order valence-electron chi connectivity index (χ4n) is 0.980. The van der Waals surface area contributed by atoms with Gasteiger partial charge in [-0.15, -0.1) is 0 Å². The van der Waals surface area contributed by atoms with E-state index in [2.05, 4.69) is 4.99 Å². The molecule has 3 nitrogen and oxygen atoms in total. The number of rotatable bonds is 4. The minimum atomic E-state index is -0.417. The molecule has 1 rings (SSSR count). The van der Waals surface area contributed by atoms with Gasteiger partial charge in [0.15, 0.2) is 0 Å². The molecule has 3 heteroatoms. The topological polar surface area (TPSA) is 41.8 Å². The summed E-state index contributed by atoms with van der Waals surface area (Å²) >= 11 is 0. The summed E-state index contributed by atoms with van der Waals surface area (Å²) in [5, 5.41) is 9.02. The number of aliphatic imine (C=N–C) groups is 1. The van der Waals surface area contributed by atoms with Gasteiger partial charge in [-0.3, -0.25) is 4.99 Å². The van der Waals surface area contributed by atoms with Crippen molar-refractivity contribution in [3.63, 3.8) is 0 Å². The first-order valence-corrected chi connectivity index (χ1v) is 4.87. The zero-order valence-electron chi connectivity index (χ0n) is 9.40. The number of ether oxygens (including phenoxy) is 1. The lowest BCUT2D eigenvalue weighted by Gasteiger charge is -2.14. The fraction of sp³-hybridized carbons (Fsp3) is 0.417. The number of aliphatic hydroxyl groups is 1. The highest BCUT2D eigenvalue weighted by atomic mass is 16.5. The second-order valence-electron chi connectivity index (χ2n) is 4.00. The zero-order chi connectivity index (χ0) is 11.3. The minimum Gasteiger partial charge on any atom is -0.497 e. The SMILES string of the molecule is COc1ccc(C=NC(C)(C)CO)cc1. The van der Waals surface area contributed by atoms with Gasteiger partial charge in [0.2, 0.25) is 0 Å². The lowest BCUT2D eigenvalue weighted by Crippen LogP contribution is -2.21. The summed E-state index contributed by atoms with van der Waals surface area (Å²) in [7, 11) is 1.64. The third-order valence-electron chi connectivity index (χ3n) is 2.07. The summed E-state index contributed by atoms with van der Waals surface area (Å²) in [5.41, 5.74) is 0.581. The maximum Gasteiger partial charge on any atom is 0.118 e. The van der Waals surface area contributed by atoms with Crippen molar-refractivity contribution >= 4 is 6.21 Å². The van der Waals surface area contributed by atoms with E-state index in [1.54, 1.807) is 13.3 Å². The highest BCUT2D eigenvalue weighted by Gasteiger charge is 2.12. The Labute approximate surface area is 90.4 Å². The van der Waals surface area contributed by atoms with Gasteiger partial charge in [0.1, 0.15) is 5.75 Å². The average Bonchev–Trinajstić information content (AvgIpc) is 2.27. The van der Waals surface area contributed by atoms with E-state index in [4.69, 9.17) is 9.84 Å². The Kier molecular flexibility index (Phi) is 3.86. The summed E-state index contributed by atoms with van der Waals surface area (Å²) in [6.07, 6.45) is 1.76. The molecular weight excluding hydrogens is 190 g/mol. The van der Waals surface area contributed by atoms with Crippen molar-refractivity contribution in [3.05, 3.63) is 29.8 Å². The Hall–Kier alpha value is -1.35. The van der Waals surface area contributed by atoms with E-state index in [0.29, 0.717) is 0 Å². The van der Waals surface area contributed by atoms with Gasteiger partial charge >= 0.3 is 0 Å². The van der Waals surface area contributed by atoms with Crippen LogP contribution in [-0.2, 0) is 0 Å². The van der Waals surface area contributed by atoms with Crippen LogP contribution in [0, 0.1) is 0 Å². The van der Waals surface area contributed by atoms with Crippen molar-refractivity contribution in [1.29, 1.82) is 0 Å². The van der Waals surface area contributed by atoms with Crippen LogP contribution in [0.3, 0.4) is 0 Å². The smallest absolute Gasteiger partial charge is 0.118 e. The molecule has 0 bridgehead atoms. The molecule has 1 aromatic carbocycles. The van der Waals surface area contributed by atoms with E-state index in [-0.39, 0.29) is 6.61 Å². The van der Waals surface area contributed by atoms with Gasteiger partial charge in [0.05, 0.1) is 19.3 Å². The van der Waals surface area contributed by atoms with Crippen LogP contribution in [0.4, 0.5) is 0 Å². The van der Waals surface area contributed by atoms with E-state index >= 15 is 0 Å². The van der Waals surface area contributed by atoms with Gasteiger partial charge in [-0.25, -0.2) is 0 Å². The second kappa shape index (κ2) is 4.94.